The zero-order valence-electron chi connectivity index (χ0n) is 12.2. The minimum absolute atomic E-state index is 0.326. The van der Waals surface area contributed by atoms with Crippen LogP contribution in [0.2, 0.25) is 0 Å². The van der Waals surface area contributed by atoms with E-state index in [1.54, 1.807) is 0 Å². The molecule has 0 aliphatic heterocycles. The van der Waals surface area contributed by atoms with Crippen molar-refractivity contribution < 1.29 is 14.9 Å². The first-order valence-corrected chi connectivity index (χ1v) is 6.76. The second kappa shape index (κ2) is 6.56. The number of imidazole rings is 1. The lowest BCUT2D eigenvalue weighted by Crippen LogP contribution is -2.24. The second-order valence-corrected chi connectivity index (χ2v) is 4.92. The molecule has 21 heavy (non-hydrogen) atoms. The summed E-state index contributed by atoms with van der Waals surface area (Å²) in [5, 5.41) is 19.2. The Hall–Kier alpha value is -2.11. The summed E-state index contributed by atoms with van der Waals surface area (Å²) in [5.41, 5.74) is 2.57. The van der Waals surface area contributed by atoms with Gasteiger partial charge in [0.1, 0.15) is 6.10 Å². The van der Waals surface area contributed by atoms with E-state index >= 15 is 0 Å². The zero-order valence-corrected chi connectivity index (χ0v) is 12.2. The number of hydrogen-bond donors (Lipinski definition) is 3. The molecule has 0 fully saturated rings. The maximum Gasteiger partial charge on any atom is 0.172 e. The third-order valence-electron chi connectivity index (χ3n) is 3.33. The normalized spacial score (nSPS) is 13.7. The summed E-state index contributed by atoms with van der Waals surface area (Å²) in [6.07, 6.45) is -1.74. The first-order chi connectivity index (χ1) is 10.0. The number of aliphatic hydroxyl groups excluding tert-OH is 2. The van der Waals surface area contributed by atoms with E-state index in [0.29, 0.717) is 11.6 Å². The van der Waals surface area contributed by atoms with E-state index in [2.05, 4.69) is 16.5 Å². The molecule has 2 aromatic rings. The highest BCUT2D eigenvalue weighted by atomic mass is 16.5. The quantitative estimate of drug-likeness (QED) is 0.711. The Morgan fingerprint density at radius 2 is 2.00 bits per heavy atom. The summed E-state index contributed by atoms with van der Waals surface area (Å²) >= 11 is 0. The van der Waals surface area contributed by atoms with Crippen LogP contribution in [0.4, 0.5) is 0 Å². The number of H-pyrrole nitrogens is 1. The van der Waals surface area contributed by atoms with Crippen molar-refractivity contribution in [1.29, 1.82) is 0 Å². The number of nitrogens with one attached hydrogen (secondary N) is 1. The van der Waals surface area contributed by atoms with Gasteiger partial charge < -0.3 is 19.9 Å². The van der Waals surface area contributed by atoms with Gasteiger partial charge in [-0.05, 0) is 19.4 Å². The molecule has 112 valence electrons. The fourth-order valence-electron chi connectivity index (χ4n) is 2.00. The van der Waals surface area contributed by atoms with E-state index in [9.17, 15) is 10.2 Å². The van der Waals surface area contributed by atoms with Crippen LogP contribution in [0.1, 0.15) is 28.9 Å². The fourth-order valence-corrected chi connectivity index (χ4v) is 2.00. The summed E-state index contributed by atoms with van der Waals surface area (Å²) in [4.78, 5) is 7.40. The first-order valence-electron chi connectivity index (χ1n) is 6.76. The highest BCUT2D eigenvalue weighted by molar-refractivity contribution is 5.51. The fraction of sp³-hybridized carbons (Fsp3) is 0.312. The predicted molar refractivity (Wildman–Crippen MR) is 80.5 cm³/mol. The number of aromatic amines is 1. The number of ether oxygens (including phenoxy) is 1. The minimum atomic E-state index is -1.04. The summed E-state index contributed by atoms with van der Waals surface area (Å²) in [7, 11) is 0. The Morgan fingerprint density at radius 3 is 2.52 bits per heavy atom. The van der Waals surface area contributed by atoms with Crippen LogP contribution in [0.25, 0.3) is 5.76 Å². The van der Waals surface area contributed by atoms with Gasteiger partial charge in [-0.1, -0.05) is 36.9 Å². The van der Waals surface area contributed by atoms with Gasteiger partial charge in [0, 0.05) is 5.69 Å². The van der Waals surface area contributed by atoms with Gasteiger partial charge in [0.15, 0.2) is 17.7 Å². The lowest BCUT2D eigenvalue weighted by Gasteiger charge is -2.23. The second-order valence-electron chi connectivity index (χ2n) is 4.92. The van der Waals surface area contributed by atoms with Crippen molar-refractivity contribution in [1.82, 2.24) is 9.97 Å². The number of benzene rings is 1. The van der Waals surface area contributed by atoms with Gasteiger partial charge in [-0.2, -0.15) is 0 Å². The monoisotopic (exact) mass is 288 g/mol. The number of aryl methyl sites for hydroxylation is 2. The van der Waals surface area contributed by atoms with Crippen LogP contribution in [-0.4, -0.2) is 32.9 Å². The summed E-state index contributed by atoms with van der Waals surface area (Å²) < 4.78 is 5.75. The molecule has 0 aliphatic rings. The number of aromatic nitrogens is 2. The highest BCUT2D eigenvalue weighted by Gasteiger charge is 2.24. The van der Waals surface area contributed by atoms with Crippen LogP contribution in [-0.2, 0) is 4.74 Å². The van der Waals surface area contributed by atoms with Crippen molar-refractivity contribution in [2.75, 3.05) is 6.61 Å². The maximum atomic E-state index is 9.98. The van der Waals surface area contributed by atoms with Crippen LogP contribution in [0.5, 0.6) is 0 Å². The molecular formula is C16H20N2O3. The Kier molecular flexibility index (Phi) is 4.77. The third-order valence-corrected chi connectivity index (χ3v) is 3.33. The van der Waals surface area contributed by atoms with E-state index < -0.39 is 18.8 Å². The third kappa shape index (κ3) is 3.51. The number of nitrogens with zero attached hydrogens (tertiary/aromatic N) is 1. The molecule has 0 saturated carbocycles. The molecule has 2 rings (SSSR count). The van der Waals surface area contributed by atoms with E-state index in [4.69, 9.17) is 4.74 Å². The minimum Gasteiger partial charge on any atom is -0.480 e. The van der Waals surface area contributed by atoms with Gasteiger partial charge in [0.2, 0.25) is 0 Å². The largest absolute Gasteiger partial charge is 0.480 e. The van der Waals surface area contributed by atoms with Crippen molar-refractivity contribution in [2.45, 2.75) is 26.1 Å². The van der Waals surface area contributed by atoms with Gasteiger partial charge in [0.25, 0.3) is 0 Å². The molecule has 3 N–H and O–H groups in total. The molecule has 0 radical (unpaired) electrons. The van der Waals surface area contributed by atoms with Crippen LogP contribution in [0.15, 0.2) is 36.9 Å². The topological polar surface area (TPSA) is 78.4 Å². The molecule has 5 heteroatoms. The molecular weight excluding hydrogens is 268 g/mol. The Morgan fingerprint density at radius 1 is 1.33 bits per heavy atom. The van der Waals surface area contributed by atoms with E-state index in [0.717, 1.165) is 17.0 Å². The van der Waals surface area contributed by atoms with Gasteiger partial charge in [0.05, 0.1) is 12.3 Å². The van der Waals surface area contributed by atoms with E-state index in [-0.39, 0.29) is 0 Å². The molecule has 0 bridgehead atoms. The molecule has 0 amide bonds. The Bertz CT molecular complexity index is 588. The Balaban J connectivity index is 2.21. The lowest BCUT2D eigenvalue weighted by molar-refractivity contribution is -0.0151. The number of aliphatic hydroxyl groups is 2. The molecule has 0 unspecified atom stereocenters. The van der Waals surface area contributed by atoms with Crippen molar-refractivity contribution in [3.8, 4) is 0 Å². The van der Waals surface area contributed by atoms with Crippen LogP contribution < -0.4 is 0 Å². The van der Waals surface area contributed by atoms with Gasteiger partial charge in [-0.3, -0.25) is 0 Å². The molecule has 1 aromatic carbocycles. The predicted octanol–water partition coefficient (Wildman–Crippen LogP) is 2.11. The van der Waals surface area contributed by atoms with Crippen LogP contribution in [0, 0.1) is 13.8 Å². The standard InChI is InChI=1S/C16H20N2O3/c1-10-11(2)18-16(17-10)12(3)21-15(14(20)9-19)13-7-5-4-6-8-13/h4-8,14-15,19-20H,3,9H2,1-2H3,(H,17,18)/t14-,15+/m0/s1. The van der Waals surface area contributed by atoms with Crippen molar-refractivity contribution in [3.63, 3.8) is 0 Å². The van der Waals surface area contributed by atoms with Crippen LogP contribution in [0.3, 0.4) is 0 Å². The first kappa shape index (κ1) is 15.3. The van der Waals surface area contributed by atoms with Gasteiger partial charge in [-0.25, -0.2) is 4.98 Å². The SMILES string of the molecule is C=C(O[C@H](c1ccccc1)[C@@H](O)CO)c1nc(C)c(C)[nH]1. The molecule has 0 spiro atoms. The molecule has 1 heterocycles. The molecule has 1 aromatic heterocycles. The molecule has 5 nitrogen and oxygen atoms in total. The van der Waals surface area contributed by atoms with Crippen molar-refractivity contribution >= 4 is 5.76 Å². The van der Waals surface area contributed by atoms with E-state index in [1.165, 1.54) is 0 Å². The molecule has 0 aliphatic carbocycles. The summed E-state index contributed by atoms with van der Waals surface area (Å²) in [6, 6.07) is 9.23. The zero-order chi connectivity index (χ0) is 15.4. The molecule has 0 saturated heterocycles. The smallest absolute Gasteiger partial charge is 0.172 e. The van der Waals surface area contributed by atoms with Gasteiger partial charge in [-0.15, -0.1) is 0 Å². The van der Waals surface area contributed by atoms with Crippen LogP contribution >= 0.6 is 0 Å². The van der Waals surface area contributed by atoms with Gasteiger partial charge >= 0.3 is 0 Å². The van der Waals surface area contributed by atoms with Crippen molar-refractivity contribution in [3.05, 3.63) is 59.7 Å². The maximum absolute atomic E-state index is 9.98. The summed E-state index contributed by atoms with van der Waals surface area (Å²) in [5.74, 6) is 0.851. The van der Waals surface area contributed by atoms with Crippen molar-refractivity contribution in [2.24, 2.45) is 0 Å². The number of hydrogen-bond acceptors (Lipinski definition) is 4. The lowest BCUT2D eigenvalue weighted by atomic mass is 10.0. The average Bonchev–Trinajstić information content (AvgIpc) is 2.84. The Labute approximate surface area is 123 Å². The summed E-state index contributed by atoms with van der Waals surface area (Å²) in [6.45, 7) is 7.25. The highest BCUT2D eigenvalue weighted by Crippen LogP contribution is 2.27. The molecule has 2 atom stereocenters. The van der Waals surface area contributed by atoms with E-state index in [1.807, 2.05) is 44.2 Å². The number of rotatable bonds is 6. The average molecular weight is 288 g/mol.